The largest absolute Gasteiger partial charge is 0.357 e. The Kier molecular flexibility index (Phi) is 9.62. The summed E-state index contributed by atoms with van der Waals surface area (Å²) < 4.78 is 1.98. The Hall–Kier alpha value is -1.42. The lowest BCUT2D eigenvalue weighted by atomic mass is 10.2. The molecule has 2 N–H and O–H groups in total. The number of nitrogens with one attached hydrogen (secondary N) is 2. The van der Waals surface area contributed by atoms with E-state index in [1.165, 1.54) is 0 Å². The van der Waals surface area contributed by atoms with Crippen molar-refractivity contribution in [2.24, 2.45) is 4.99 Å². The molecule has 132 valence electrons. The molecule has 2 aromatic rings. The van der Waals surface area contributed by atoms with Gasteiger partial charge in [-0.2, -0.15) is 0 Å². The molecule has 0 atom stereocenters. The number of aryl methyl sites for hydroxylation is 1. The van der Waals surface area contributed by atoms with E-state index in [0.717, 1.165) is 43.4 Å². The van der Waals surface area contributed by atoms with Crippen LogP contribution in [0, 0.1) is 0 Å². The summed E-state index contributed by atoms with van der Waals surface area (Å²) >= 11 is 5.78. The number of pyridine rings is 1. The van der Waals surface area contributed by atoms with Crippen molar-refractivity contribution < 1.29 is 0 Å². The molecule has 0 bridgehead atoms. The summed E-state index contributed by atoms with van der Waals surface area (Å²) in [5, 5.41) is 15.0. The van der Waals surface area contributed by atoms with Crippen LogP contribution < -0.4 is 10.6 Å². The van der Waals surface area contributed by atoms with Crippen molar-refractivity contribution in [3.63, 3.8) is 0 Å². The van der Waals surface area contributed by atoms with E-state index >= 15 is 0 Å². The Bertz CT molecular complexity index is 627. The highest BCUT2D eigenvalue weighted by atomic mass is 127. The minimum absolute atomic E-state index is 0. The summed E-state index contributed by atoms with van der Waals surface area (Å²) in [6.45, 7) is 6.98. The van der Waals surface area contributed by atoms with Gasteiger partial charge in [-0.15, -0.1) is 34.2 Å². The van der Waals surface area contributed by atoms with Gasteiger partial charge >= 0.3 is 0 Å². The standard InChI is InChI=1S/C15H22ClN7.HI/c1-3-17-15(20-10-14-22-21-11-23(14)4-2)18-8-7-12-5-6-13(16)19-9-12;/h5-6,9,11H,3-4,7-8,10H2,1-2H3,(H2,17,18,20);1H. The van der Waals surface area contributed by atoms with Gasteiger partial charge in [-0.1, -0.05) is 17.7 Å². The van der Waals surface area contributed by atoms with Crippen LogP contribution in [-0.4, -0.2) is 38.8 Å². The van der Waals surface area contributed by atoms with Crippen molar-refractivity contribution in [3.8, 4) is 0 Å². The zero-order valence-electron chi connectivity index (χ0n) is 13.9. The first-order valence-corrected chi connectivity index (χ1v) is 8.10. The second kappa shape index (κ2) is 11.2. The number of hydrogen-bond donors (Lipinski definition) is 2. The van der Waals surface area contributed by atoms with E-state index in [1.807, 2.05) is 17.6 Å². The Labute approximate surface area is 164 Å². The van der Waals surface area contributed by atoms with E-state index < -0.39 is 0 Å². The second-order valence-corrected chi connectivity index (χ2v) is 5.28. The lowest BCUT2D eigenvalue weighted by molar-refractivity contribution is 0.693. The molecule has 0 aliphatic carbocycles. The van der Waals surface area contributed by atoms with Crippen LogP contribution >= 0.6 is 35.6 Å². The average molecular weight is 464 g/mol. The molecule has 0 aliphatic heterocycles. The summed E-state index contributed by atoms with van der Waals surface area (Å²) in [6.07, 6.45) is 4.36. The lowest BCUT2D eigenvalue weighted by Crippen LogP contribution is -2.38. The molecule has 0 saturated heterocycles. The Morgan fingerprint density at radius 2 is 2.12 bits per heavy atom. The Morgan fingerprint density at radius 3 is 2.79 bits per heavy atom. The molecule has 0 fully saturated rings. The first-order chi connectivity index (χ1) is 11.2. The maximum Gasteiger partial charge on any atom is 0.191 e. The molecule has 9 heteroatoms. The fourth-order valence-corrected chi connectivity index (χ4v) is 2.15. The van der Waals surface area contributed by atoms with E-state index in [4.69, 9.17) is 11.6 Å². The van der Waals surface area contributed by atoms with Crippen LogP contribution in [0.25, 0.3) is 0 Å². The molecule has 7 nitrogen and oxygen atoms in total. The van der Waals surface area contributed by atoms with Gasteiger partial charge < -0.3 is 15.2 Å². The second-order valence-electron chi connectivity index (χ2n) is 4.89. The number of rotatable bonds is 7. The predicted octanol–water partition coefficient (Wildman–Crippen LogP) is 2.26. The van der Waals surface area contributed by atoms with Gasteiger partial charge in [0.25, 0.3) is 0 Å². The van der Waals surface area contributed by atoms with Crippen molar-refractivity contribution >= 4 is 41.5 Å². The molecule has 0 aromatic carbocycles. The van der Waals surface area contributed by atoms with Crippen LogP contribution in [0.1, 0.15) is 25.2 Å². The summed E-state index contributed by atoms with van der Waals surface area (Å²) in [5.41, 5.74) is 1.13. The quantitative estimate of drug-likeness (QED) is 0.285. The Balaban J connectivity index is 0.00000288. The third-order valence-corrected chi connectivity index (χ3v) is 3.48. The van der Waals surface area contributed by atoms with E-state index in [2.05, 4.69) is 37.7 Å². The van der Waals surface area contributed by atoms with Gasteiger partial charge in [0.05, 0.1) is 0 Å². The lowest BCUT2D eigenvalue weighted by Gasteiger charge is -2.11. The fourth-order valence-electron chi connectivity index (χ4n) is 2.04. The number of halogens is 2. The first-order valence-electron chi connectivity index (χ1n) is 7.72. The number of hydrogen-bond acceptors (Lipinski definition) is 4. The zero-order chi connectivity index (χ0) is 16.5. The van der Waals surface area contributed by atoms with Crippen molar-refractivity contribution in [3.05, 3.63) is 41.2 Å². The first kappa shape index (κ1) is 20.6. The molecule has 2 heterocycles. The van der Waals surface area contributed by atoms with E-state index in [9.17, 15) is 0 Å². The highest BCUT2D eigenvalue weighted by Gasteiger charge is 2.03. The molecule has 2 rings (SSSR count). The van der Waals surface area contributed by atoms with Gasteiger partial charge in [0.15, 0.2) is 11.8 Å². The van der Waals surface area contributed by atoms with Crippen LogP contribution in [0.4, 0.5) is 0 Å². The maximum absolute atomic E-state index is 5.78. The van der Waals surface area contributed by atoms with Gasteiger partial charge in [-0.05, 0) is 31.9 Å². The van der Waals surface area contributed by atoms with Crippen molar-refractivity contribution in [2.75, 3.05) is 13.1 Å². The summed E-state index contributed by atoms with van der Waals surface area (Å²) in [4.78, 5) is 8.62. The van der Waals surface area contributed by atoms with Gasteiger partial charge in [0, 0.05) is 25.8 Å². The topological polar surface area (TPSA) is 80.0 Å². The monoisotopic (exact) mass is 463 g/mol. The van der Waals surface area contributed by atoms with Gasteiger partial charge in [-0.25, -0.2) is 9.98 Å². The Morgan fingerprint density at radius 1 is 1.29 bits per heavy atom. The normalized spacial score (nSPS) is 11.0. The zero-order valence-corrected chi connectivity index (χ0v) is 17.0. The minimum Gasteiger partial charge on any atom is -0.357 e. The van der Waals surface area contributed by atoms with Crippen molar-refractivity contribution in [2.45, 2.75) is 33.4 Å². The molecular weight excluding hydrogens is 441 g/mol. The summed E-state index contributed by atoms with van der Waals surface area (Å²) in [6, 6.07) is 3.78. The van der Waals surface area contributed by atoms with Crippen molar-refractivity contribution in [1.82, 2.24) is 30.4 Å². The highest BCUT2D eigenvalue weighted by molar-refractivity contribution is 14.0. The van der Waals surface area contributed by atoms with Crippen LogP contribution in [0.15, 0.2) is 29.6 Å². The summed E-state index contributed by atoms with van der Waals surface area (Å²) in [5.74, 6) is 1.62. The van der Waals surface area contributed by atoms with E-state index in [1.54, 1.807) is 18.6 Å². The van der Waals surface area contributed by atoms with Gasteiger partial charge in [0.2, 0.25) is 0 Å². The molecule has 0 aliphatic rings. The highest BCUT2D eigenvalue weighted by Crippen LogP contribution is 2.05. The van der Waals surface area contributed by atoms with Crippen LogP contribution in [0.5, 0.6) is 0 Å². The molecule has 0 unspecified atom stereocenters. The average Bonchev–Trinajstić information content (AvgIpc) is 3.02. The third kappa shape index (κ3) is 6.60. The SMILES string of the molecule is CCNC(=NCc1nncn1CC)NCCc1ccc(Cl)nc1.I. The molecule has 24 heavy (non-hydrogen) atoms. The van der Waals surface area contributed by atoms with Crippen LogP contribution in [0.2, 0.25) is 5.15 Å². The molecule has 0 saturated carbocycles. The number of aliphatic imine (C=N–C) groups is 1. The molecule has 0 radical (unpaired) electrons. The predicted molar refractivity (Wildman–Crippen MR) is 107 cm³/mol. The number of nitrogens with zero attached hydrogens (tertiary/aromatic N) is 5. The smallest absolute Gasteiger partial charge is 0.191 e. The molecule has 0 spiro atoms. The van der Waals surface area contributed by atoms with Crippen LogP contribution in [-0.2, 0) is 19.5 Å². The fraction of sp³-hybridized carbons (Fsp3) is 0.467. The number of aromatic nitrogens is 4. The van der Waals surface area contributed by atoms with E-state index in [-0.39, 0.29) is 24.0 Å². The maximum atomic E-state index is 5.78. The van der Waals surface area contributed by atoms with Gasteiger partial charge in [0.1, 0.15) is 18.0 Å². The molecular formula is C15H23ClIN7. The van der Waals surface area contributed by atoms with Gasteiger partial charge in [-0.3, -0.25) is 0 Å². The van der Waals surface area contributed by atoms with Crippen LogP contribution in [0.3, 0.4) is 0 Å². The molecule has 2 aromatic heterocycles. The number of guanidine groups is 1. The van der Waals surface area contributed by atoms with E-state index in [0.29, 0.717) is 11.7 Å². The third-order valence-electron chi connectivity index (χ3n) is 3.25. The molecule has 0 amide bonds. The summed E-state index contributed by atoms with van der Waals surface area (Å²) in [7, 11) is 0. The van der Waals surface area contributed by atoms with Crippen molar-refractivity contribution in [1.29, 1.82) is 0 Å². The minimum atomic E-state index is 0.